The molecule has 0 bridgehead atoms. The Morgan fingerprint density at radius 1 is 1.00 bits per heavy atom. The van der Waals surface area contributed by atoms with Gasteiger partial charge in [0.1, 0.15) is 0 Å². The summed E-state index contributed by atoms with van der Waals surface area (Å²) >= 11 is 0. The number of rotatable bonds is 13. The number of nitrogens with one attached hydrogen (secondary N) is 2. The molecule has 0 aliphatic carbocycles. The van der Waals surface area contributed by atoms with Crippen molar-refractivity contribution < 1.29 is 9.59 Å². The maximum absolute atomic E-state index is 13.8. The zero-order chi connectivity index (χ0) is 29.5. The molecule has 2 amide bonds. The van der Waals surface area contributed by atoms with Crippen molar-refractivity contribution in [1.29, 1.82) is 0 Å². The van der Waals surface area contributed by atoms with Crippen LogP contribution >= 0.6 is 0 Å². The van der Waals surface area contributed by atoms with E-state index in [0.717, 1.165) is 68.1 Å². The average Bonchev–Trinajstić information content (AvgIpc) is 3.52. The first-order chi connectivity index (χ1) is 19.7. The number of benzene rings is 2. The van der Waals surface area contributed by atoms with Crippen molar-refractivity contribution in [2.75, 3.05) is 39.0 Å². The van der Waals surface area contributed by atoms with Crippen molar-refractivity contribution >= 4 is 34.5 Å². The number of aromatic nitrogens is 2. The molecular weight excluding hydrogens is 512 g/mol. The number of hydrogen-bond acceptors (Lipinski definition) is 5. The van der Waals surface area contributed by atoms with Crippen LogP contribution in [0.15, 0.2) is 42.5 Å². The first-order valence-corrected chi connectivity index (χ1v) is 15.2. The molecule has 1 fully saturated rings. The van der Waals surface area contributed by atoms with Gasteiger partial charge in [-0.25, -0.2) is 4.98 Å². The highest BCUT2D eigenvalue weighted by Gasteiger charge is 2.23. The second-order valence-electron chi connectivity index (χ2n) is 12.3. The number of fused-ring (bicyclic) bond motifs is 1. The summed E-state index contributed by atoms with van der Waals surface area (Å²) in [5, 5.41) is 6.14. The van der Waals surface area contributed by atoms with Crippen molar-refractivity contribution in [3.63, 3.8) is 0 Å². The van der Waals surface area contributed by atoms with Crippen LogP contribution in [0.3, 0.4) is 0 Å². The molecule has 1 atom stereocenters. The fourth-order valence-electron chi connectivity index (χ4n) is 5.50. The normalized spacial score (nSPS) is 15.7. The van der Waals surface area contributed by atoms with Crippen LogP contribution in [0.1, 0.15) is 80.5 Å². The zero-order valence-corrected chi connectivity index (χ0v) is 25.7. The van der Waals surface area contributed by atoms with Crippen LogP contribution in [0.5, 0.6) is 0 Å². The second kappa shape index (κ2) is 14.0. The maximum Gasteiger partial charge on any atom is 0.253 e. The molecule has 0 radical (unpaired) electrons. The third-order valence-corrected chi connectivity index (χ3v) is 8.22. The van der Waals surface area contributed by atoms with Crippen molar-refractivity contribution in [1.82, 2.24) is 24.7 Å². The first kappa shape index (κ1) is 30.6. The zero-order valence-electron chi connectivity index (χ0n) is 25.7. The van der Waals surface area contributed by atoms with Gasteiger partial charge in [0.05, 0.1) is 11.0 Å². The third kappa shape index (κ3) is 7.88. The minimum absolute atomic E-state index is 0.0933. The van der Waals surface area contributed by atoms with Gasteiger partial charge in [-0.2, -0.15) is 0 Å². The number of nitrogens with zero attached hydrogens (tertiary/aromatic N) is 4. The number of hydrogen-bond donors (Lipinski definition) is 2. The largest absolute Gasteiger partial charge is 0.355 e. The number of carbonyl (C=O) groups excluding carboxylic acids is 2. The molecule has 222 valence electrons. The Kier molecular flexibility index (Phi) is 10.4. The number of carbonyl (C=O) groups is 2. The Morgan fingerprint density at radius 2 is 1.66 bits per heavy atom. The number of aryl methyl sites for hydroxylation is 1. The fourth-order valence-corrected chi connectivity index (χ4v) is 5.50. The summed E-state index contributed by atoms with van der Waals surface area (Å²) in [5.41, 5.74) is 4.01. The summed E-state index contributed by atoms with van der Waals surface area (Å²) in [5.74, 6) is 1.81. The lowest BCUT2D eigenvalue weighted by Crippen LogP contribution is -2.34. The van der Waals surface area contributed by atoms with Crippen LogP contribution in [-0.2, 0) is 6.54 Å². The Morgan fingerprint density at radius 3 is 2.24 bits per heavy atom. The molecule has 2 heterocycles. The van der Waals surface area contributed by atoms with Gasteiger partial charge in [-0.15, -0.1) is 0 Å². The predicted molar refractivity (Wildman–Crippen MR) is 168 cm³/mol. The molecule has 1 aliphatic heterocycles. The van der Waals surface area contributed by atoms with Gasteiger partial charge in [0.2, 0.25) is 5.95 Å². The fraction of sp³-hybridized carbons (Fsp3) is 0.545. The van der Waals surface area contributed by atoms with E-state index in [9.17, 15) is 9.59 Å². The van der Waals surface area contributed by atoms with Crippen LogP contribution < -0.4 is 10.6 Å². The van der Waals surface area contributed by atoms with Crippen LogP contribution in [0.4, 0.5) is 11.6 Å². The summed E-state index contributed by atoms with van der Waals surface area (Å²) < 4.78 is 2.22. The number of imidazole rings is 1. The van der Waals surface area contributed by atoms with E-state index in [1.165, 1.54) is 12.8 Å². The highest BCUT2D eigenvalue weighted by Crippen LogP contribution is 2.27. The van der Waals surface area contributed by atoms with Gasteiger partial charge < -0.3 is 25.0 Å². The smallest absolute Gasteiger partial charge is 0.253 e. The van der Waals surface area contributed by atoms with Gasteiger partial charge in [0.15, 0.2) is 0 Å². The Balaban J connectivity index is 1.65. The van der Waals surface area contributed by atoms with Crippen LogP contribution in [0.25, 0.3) is 11.0 Å². The SMILES string of the molecule is CNC(=O)c1ccc(Nc2nc3ccc(C(=O)N(CCC(C)C)CCC(C)C)cc3n2CC[C@@H]2CCCN2C)cc1. The van der Waals surface area contributed by atoms with E-state index in [1.807, 2.05) is 35.2 Å². The summed E-state index contributed by atoms with van der Waals surface area (Å²) in [7, 11) is 3.84. The highest BCUT2D eigenvalue weighted by atomic mass is 16.2. The van der Waals surface area contributed by atoms with Gasteiger partial charge in [0.25, 0.3) is 11.8 Å². The molecule has 1 aliphatic rings. The first-order valence-electron chi connectivity index (χ1n) is 15.2. The summed E-state index contributed by atoms with van der Waals surface area (Å²) in [6, 6.07) is 13.9. The molecule has 0 saturated carbocycles. The Hall–Kier alpha value is -3.39. The van der Waals surface area contributed by atoms with Crippen molar-refractivity contribution in [3.05, 3.63) is 53.6 Å². The minimum atomic E-state index is -0.113. The maximum atomic E-state index is 13.8. The molecular formula is C33H48N6O2. The van der Waals surface area contributed by atoms with E-state index in [-0.39, 0.29) is 11.8 Å². The predicted octanol–water partition coefficient (Wildman–Crippen LogP) is 6.16. The summed E-state index contributed by atoms with van der Waals surface area (Å²) in [6.07, 6.45) is 5.43. The van der Waals surface area contributed by atoms with Crippen LogP contribution in [0.2, 0.25) is 0 Å². The lowest BCUT2D eigenvalue weighted by atomic mass is 10.1. The van der Waals surface area contributed by atoms with Crippen LogP contribution in [0, 0.1) is 11.8 Å². The topological polar surface area (TPSA) is 82.5 Å². The van der Waals surface area contributed by atoms with Gasteiger partial charge in [-0.3, -0.25) is 9.59 Å². The third-order valence-electron chi connectivity index (χ3n) is 8.22. The molecule has 3 aromatic rings. The number of amides is 2. The molecule has 1 aromatic heterocycles. The monoisotopic (exact) mass is 560 g/mol. The van der Waals surface area contributed by atoms with E-state index < -0.39 is 0 Å². The van der Waals surface area contributed by atoms with E-state index in [2.05, 4.69) is 54.8 Å². The van der Waals surface area contributed by atoms with Gasteiger partial charge in [-0.05, 0) is 100.0 Å². The minimum Gasteiger partial charge on any atom is -0.355 e. The average molecular weight is 561 g/mol. The molecule has 0 spiro atoms. The van der Waals surface area contributed by atoms with Gasteiger partial charge in [-0.1, -0.05) is 27.7 Å². The number of anilines is 2. The van der Waals surface area contributed by atoms with Crippen molar-refractivity contribution in [3.8, 4) is 0 Å². The molecule has 2 N–H and O–H groups in total. The summed E-state index contributed by atoms with van der Waals surface area (Å²) in [4.78, 5) is 35.2. The molecule has 4 rings (SSSR count). The van der Waals surface area contributed by atoms with Crippen LogP contribution in [-0.4, -0.2) is 70.9 Å². The standard InChI is InChI=1S/C33H48N6O2/c1-23(2)15-19-38(20-16-24(3)4)32(41)26-11-14-29-30(22-26)39(21-17-28-8-7-18-37(28)6)33(36-29)35-27-12-9-25(10-13-27)31(40)34-5/h9-14,22-24,28H,7-8,15-21H2,1-6H3,(H,34,40)(H,35,36)/t28-/m0/s1. The number of likely N-dealkylation sites (tertiary alicyclic amines) is 1. The van der Waals surface area contributed by atoms with Gasteiger partial charge in [0, 0.05) is 49.5 Å². The van der Waals surface area contributed by atoms with E-state index in [1.54, 1.807) is 19.2 Å². The highest BCUT2D eigenvalue weighted by molar-refractivity contribution is 5.98. The second-order valence-corrected chi connectivity index (χ2v) is 12.3. The van der Waals surface area contributed by atoms with Gasteiger partial charge >= 0.3 is 0 Å². The van der Waals surface area contributed by atoms with Crippen molar-refractivity contribution in [2.45, 2.75) is 72.4 Å². The molecule has 1 saturated heterocycles. The van der Waals surface area contributed by atoms with Crippen molar-refractivity contribution in [2.24, 2.45) is 11.8 Å². The molecule has 8 heteroatoms. The Bertz CT molecular complexity index is 1300. The quantitative estimate of drug-likeness (QED) is 0.262. The molecule has 0 unspecified atom stereocenters. The Labute approximate surface area is 245 Å². The summed E-state index contributed by atoms with van der Waals surface area (Å²) in [6.45, 7) is 12.3. The lowest BCUT2D eigenvalue weighted by molar-refractivity contribution is 0.0740. The molecule has 8 nitrogen and oxygen atoms in total. The molecule has 2 aromatic carbocycles. The van der Waals surface area contributed by atoms with E-state index in [0.29, 0.717) is 29.0 Å². The molecule has 41 heavy (non-hydrogen) atoms. The van der Waals surface area contributed by atoms with E-state index in [4.69, 9.17) is 4.98 Å². The lowest BCUT2D eigenvalue weighted by Gasteiger charge is -2.25. The van der Waals surface area contributed by atoms with E-state index >= 15 is 0 Å².